The maximum Gasteiger partial charge on any atom is 0.494 e. The molecule has 2 heterocycles. The van der Waals surface area contributed by atoms with Crippen molar-refractivity contribution in [1.29, 1.82) is 0 Å². The number of carbonyl (C=O) groups is 2. The van der Waals surface area contributed by atoms with Crippen LogP contribution in [0.1, 0.15) is 60.5 Å². The molecule has 0 radical (unpaired) electrons. The van der Waals surface area contributed by atoms with Gasteiger partial charge in [-0.3, -0.25) is 4.79 Å². The molecule has 0 bridgehead atoms. The Morgan fingerprint density at radius 2 is 1.69 bits per heavy atom. The van der Waals surface area contributed by atoms with E-state index in [2.05, 4.69) is 0 Å². The topological polar surface area (TPSA) is 68.3 Å². The molecule has 0 spiro atoms. The second kappa shape index (κ2) is 8.71. The Labute approximate surface area is 192 Å². The molecule has 3 rings (SSSR count). The Bertz CT molecular complexity index is 831. The molecule has 1 aromatic rings. The largest absolute Gasteiger partial charge is 0.494 e. The van der Waals surface area contributed by atoms with Crippen LogP contribution in [0, 0.1) is 0 Å². The summed E-state index contributed by atoms with van der Waals surface area (Å²) in [6, 6.07) is 7.83. The van der Waals surface area contributed by atoms with Gasteiger partial charge in [-0.05, 0) is 65.9 Å². The molecule has 0 aliphatic carbocycles. The van der Waals surface area contributed by atoms with Gasteiger partial charge in [0.25, 0.3) is 0 Å². The summed E-state index contributed by atoms with van der Waals surface area (Å²) in [5, 5.41) is 0. The van der Waals surface area contributed by atoms with Gasteiger partial charge in [-0.15, -0.1) is 0 Å². The molecule has 2 aliphatic rings. The number of amides is 2. The first-order valence-corrected chi connectivity index (χ1v) is 11.4. The SMILES string of the molecule is CN(C(=O)Cc1ccc(B2OC(C)(C)C(C)(C)O2)cc1)[C@H]1CCN(C(=O)OC(C)(C)C)C1. The molecule has 0 unspecified atom stereocenters. The second-order valence-electron chi connectivity index (χ2n) is 10.9. The summed E-state index contributed by atoms with van der Waals surface area (Å²) in [7, 11) is 1.40. The Hall–Kier alpha value is -2.06. The van der Waals surface area contributed by atoms with E-state index in [0.717, 1.165) is 17.4 Å². The van der Waals surface area contributed by atoms with Gasteiger partial charge in [-0.25, -0.2) is 4.79 Å². The first kappa shape index (κ1) is 24.6. The van der Waals surface area contributed by atoms with Crippen molar-refractivity contribution in [1.82, 2.24) is 9.80 Å². The molecule has 7 nitrogen and oxygen atoms in total. The highest BCUT2D eigenvalue weighted by Crippen LogP contribution is 2.36. The Balaban J connectivity index is 1.54. The molecule has 2 fully saturated rings. The van der Waals surface area contributed by atoms with E-state index in [9.17, 15) is 9.59 Å². The molecule has 0 N–H and O–H groups in total. The van der Waals surface area contributed by atoms with Crippen LogP contribution in [0.4, 0.5) is 4.79 Å². The van der Waals surface area contributed by atoms with E-state index in [4.69, 9.17) is 14.0 Å². The van der Waals surface area contributed by atoms with Crippen LogP contribution >= 0.6 is 0 Å². The molecular weight excluding hydrogens is 407 g/mol. The number of likely N-dealkylation sites (tertiary alicyclic amines) is 1. The monoisotopic (exact) mass is 444 g/mol. The number of ether oxygens (including phenoxy) is 1. The van der Waals surface area contributed by atoms with Gasteiger partial charge >= 0.3 is 13.2 Å². The molecule has 2 saturated heterocycles. The first-order chi connectivity index (χ1) is 14.7. The Morgan fingerprint density at radius 1 is 1.12 bits per heavy atom. The van der Waals surface area contributed by atoms with Crippen molar-refractivity contribution in [3.8, 4) is 0 Å². The van der Waals surface area contributed by atoms with Crippen LogP contribution in [0.5, 0.6) is 0 Å². The number of hydrogen-bond acceptors (Lipinski definition) is 5. The van der Waals surface area contributed by atoms with Crippen molar-refractivity contribution in [2.45, 2.75) is 84.2 Å². The zero-order valence-electron chi connectivity index (χ0n) is 20.7. The van der Waals surface area contributed by atoms with E-state index < -0.39 is 12.7 Å². The normalized spacial score (nSPS) is 22.2. The molecule has 2 amide bonds. The van der Waals surface area contributed by atoms with Crippen molar-refractivity contribution in [3.05, 3.63) is 29.8 Å². The highest BCUT2D eigenvalue weighted by molar-refractivity contribution is 6.62. The second-order valence-corrected chi connectivity index (χ2v) is 10.9. The lowest BCUT2D eigenvalue weighted by atomic mass is 9.79. The number of benzene rings is 1. The van der Waals surface area contributed by atoms with Gasteiger partial charge in [0, 0.05) is 20.1 Å². The fourth-order valence-electron chi connectivity index (χ4n) is 3.82. The lowest BCUT2D eigenvalue weighted by Crippen LogP contribution is -2.41. The molecular formula is C24H37BN2O5. The van der Waals surface area contributed by atoms with Crippen molar-refractivity contribution in [2.75, 3.05) is 20.1 Å². The summed E-state index contributed by atoms with van der Waals surface area (Å²) in [6.07, 6.45) is 0.741. The van der Waals surface area contributed by atoms with Crippen LogP contribution in [0.25, 0.3) is 0 Å². The average Bonchev–Trinajstić information content (AvgIpc) is 3.23. The maximum atomic E-state index is 12.9. The molecule has 8 heteroatoms. The van der Waals surface area contributed by atoms with Crippen molar-refractivity contribution in [3.63, 3.8) is 0 Å². The standard InChI is InChI=1S/C24H37BN2O5/c1-22(2,3)30-21(29)27-14-13-19(16-27)26(8)20(28)15-17-9-11-18(12-10-17)25-31-23(4,5)24(6,7)32-25/h9-12,19H,13-16H2,1-8H3/t19-/m0/s1. The Morgan fingerprint density at radius 3 is 2.22 bits per heavy atom. The minimum Gasteiger partial charge on any atom is -0.444 e. The van der Waals surface area contributed by atoms with Crippen LogP contribution in [-0.4, -0.2) is 71.9 Å². The number of rotatable bonds is 4. The summed E-state index contributed by atoms with van der Waals surface area (Å²) in [5.74, 6) is 0.0319. The molecule has 0 aromatic heterocycles. The zero-order valence-corrected chi connectivity index (χ0v) is 20.7. The summed E-state index contributed by atoms with van der Waals surface area (Å²) < 4.78 is 17.6. The molecule has 1 atom stereocenters. The zero-order chi connectivity index (χ0) is 23.9. The summed E-state index contributed by atoms with van der Waals surface area (Å²) in [4.78, 5) is 28.6. The number of likely N-dealkylation sites (N-methyl/N-ethyl adjacent to an activating group) is 1. The molecule has 176 valence electrons. The Kier molecular flexibility index (Phi) is 6.69. The average molecular weight is 444 g/mol. The quantitative estimate of drug-likeness (QED) is 0.668. The minimum atomic E-state index is -0.525. The van der Waals surface area contributed by atoms with E-state index >= 15 is 0 Å². The number of hydrogen-bond donors (Lipinski definition) is 0. The van der Waals surface area contributed by atoms with E-state index in [0.29, 0.717) is 19.5 Å². The predicted octanol–water partition coefficient (Wildman–Crippen LogP) is 3.00. The van der Waals surface area contributed by atoms with Crippen LogP contribution in [0.15, 0.2) is 24.3 Å². The molecule has 1 aromatic carbocycles. The summed E-state index contributed by atoms with van der Waals surface area (Å²) in [5.41, 5.74) is 0.581. The molecule has 2 aliphatic heterocycles. The van der Waals surface area contributed by atoms with Gasteiger partial charge in [0.05, 0.1) is 23.7 Å². The van der Waals surface area contributed by atoms with Gasteiger partial charge < -0.3 is 23.8 Å². The van der Waals surface area contributed by atoms with Crippen molar-refractivity contribution >= 4 is 24.6 Å². The third-order valence-corrected chi connectivity index (χ3v) is 6.62. The highest BCUT2D eigenvalue weighted by Gasteiger charge is 2.51. The van der Waals surface area contributed by atoms with E-state index in [-0.39, 0.29) is 29.2 Å². The van der Waals surface area contributed by atoms with Crippen molar-refractivity contribution < 1.29 is 23.6 Å². The van der Waals surface area contributed by atoms with E-state index in [1.807, 2.05) is 79.8 Å². The van der Waals surface area contributed by atoms with Gasteiger partial charge in [-0.2, -0.15) is 0 Å². The van der Waals surface area contributed by atoms with E-state index in [1.54, 1.807) is 9.80 Å². The number of nitrogens with zero attached hydrogens (tertiary/aromatic N) is 2. The van der Waals surface area contributed by atoms with Crippen molar-refractivity contribution in [2.24, 2.45) is 0 Å². The lowest BCUT2D eigenvalue weighted by Gasteiger charge is -2.32. The summed E-state index contributed by atoms with van der Waals surface area (Å²) >= 11 is 0. The van der Waals surface area contributed by atoms with Gasteiger partial charge in [0.2, 0.25) is 5.91 Å². The summed E-state index contributed by atoms with van der Waals surface area (Å²) in [6.45, 7) is 14.8. The third-order valence-electron chi connectivity index (χ3n) is 6.62. The minimum absolute atomic E-state index is 0.000886. The smallest absolute Gasteiger partial charge is 0.444 e. The van der Waals surface area contributed by atoms with Crippen LogP contribution in [0.3, 0.4) is 0 Å². The maximum absolute atomic E-state index is 12.9. The van der Waals surface area contributed by atoms with Gasteiger partial charge in [-0.1, -0.05) is 24.3 Å². The number of carbonyl (C=O) groups excluding carboxylic acids is 2. The predicted molar refractivity (Wildman–Crippen MR) is 125 cm³/mol. The van der Waals surface area contributed by atoms with Crippen LogP contribution in [-0.2, 0) is 25.3 Å². The third kappa shape index (κ3) is 5.46. The fraction of sp³-hybridized carbons (Fsp3) is 0.667. The molecule has 32 heavy (non-hydrogen) atoms. The molecule has 0 saturated carbocycles. The van der Waals surface area contributed by atoms with Gasteiger partial charge in [0.1, 0.15) is 5.60 Å². The van der Waals surface area contributed by atoms with Crippen LogP contribution in [0.2, 0.25) is 0 Å². The fourth-order valence-corrected chi connectivity index (χ4v) is 3.82. The van der Waals surface area contributed by atoms with Crippen LogP contribution < -0.4 is 5.46 Å². The first-order valence-electron chi connectivity index (χ1n) is 11.4. The highest BCUT2D eigenvalue weighted by atomic mass is 16.7. The van der Waals surface area contributed by atoms with Gasteiger partial charge in [0.15, 0.2) is 0 Å². The lowest BCUT2D eigenvalue weighted by molar-refractivity contribution is -0.131. The van der Waals surface area contributed by atoms with E-state index in [1.165, 1.54) is 0 Å².